The van der Waals surface area contributed by atoms with Gasteiger partial charge in [0.2, 0.25) is 0 Å². The molecule has 0 aliphatic carbocycles. The molecular weight excluding hydrogens is 202 g/mol. The lowest BCUT2D eigenvalue weighted by molar-refractivity contribution is 0.903. The van der Waals surface area contributed by atoms with Crippen LogP contribution < -0.4 is 5.56 Å². The Bertz CT molecular complexity index is 682. The molecule has 0 aliphatic heterocycles. The number of hydrogen-bond donors (Lipinski definition) is 1. The van der Waals surface area contributed by atoms with Gasteiger partial charge in [-0.3, -0.25) is 9.89 Å². The maximum Gasteiger partial charge on any atom is 0.272 e. The van der Waals surface area contributed by atoms with Gasteiger partial charge in [0.15, 0.2) is 5.65 Å². The summed E-state index contributed by atoms with van der Waals surface area (Å²) in [4.78, 5) is 15.6. The third-order valence-electron chi connectivity index (χ3n) is 2.46. The highest BCUT2D eigenvalue weighted by atomic mass is 16.1. The Morgan fingerprint density at radius 2 is 1.94 bits per heavy atom. The van der Waals surface area contributed by atoms with Gasteiger partial charge in [0.05, 0.1) is 5.69 Å². The summed E-state index contributed by atoms with van der Waals surface area (Å²) in [6.45, 7) is 0. The molecule has 0 spiro atoms. The normalized spacial score (nSPS) is 10.8. The number of aromatic amines is 1. The number of H-pyrrole nitrogens is 1. The summed E-state index contributed by atoms with van der Waals surface area (Å²) < 4.78 is 1.43. The Kier molecular flexibility index (Phi) is 1.86. The van der Waals surface area contributed by atoms with Crippen molar-refractivity contribution in [1.82, 2.24) is 14.6 Å². The summed E-state index contributed by atoms with van der Waals surface area (Å²) in [5.41, 5.74) is 2.45. The standard InChI is InChI=1S/C12H9N3O/c16-12-6-7-13-11-8-10(14-15(11)12)9-4-2-1-3-5-9/h1-8,14H. The van der Waals surface area contributed by atoms with E-state index in [1.807, 2.05) is 36.4 Å². The Labute approximate surface area is 91.2 Å². The van der Waals surface area contributed by atoms with Gasteiger partial charge in [-0.05, 0) is 5.56 Å². The smallest absolute Gasteiger partial charge is 0.272 e. The van der Waals surface area contributed by atoms with Gasteiger partial charge in [-0.2, -0.15) is 0 Å². The van der Waals surface area contributed by atoms with Crippen LogP contribution in [-0.4, -0.2) is 14.6 Å². The first-order valence-electron chi connectivity index (χ1n) is 4.97. The summed E-state index contributed by atoms with van der Waals surface area (Å²) >= 11 is 0. The van der Waals surface area contributed by atoms with E-state index in [4.69, 9.17) is 0 Å². The minimum atomic E-state index is -0.104. The van der Waals surface area contributed by atoms with Crippen LogP contribution in [0.3, 0.4) is 0 Å². The zero-order valence-electron chi connectivity index (χ0n) is 8.42. The van der Waals surface area contributed by atoms with Crippen LogP contribution >= 0.6 is 0 Å². The van der Waals surface area contributed by atoms with E-state index in [0.29, 0.717) is 5.65 Å². The highest BCUT2D eigenvalue weighted by molar-refractivity contribution is 5.63. The minimum Gasteiger partial charge on any atom is -0.289 e. The molecule has 0 bridgehead atoms. The maximum absolute atomic E-state index is 11.5. The third kappa shape index (κ3) is 1.32. The van der Waals surface area contributed by atoms with Gasteiger partial charge in [-0.1, -0.05) is 30.3 Å². The Morgan fingerprint density at radius 3 is 2.69 bits per heavy atom. The third-order valence-corrected chi connectivity index (χ3v) is 2.46. The monoisotopic (exact) mass is 211 g/mol. The summed E-state index contributed by atoms with van der Waals surface area (Å²) in [7, 11) is 0. The van der Waals surface area contributed by atoms with Gasteiger partial charge >= 0.3 is 0 Å². The molecule has 3 aromatic rings. The van der Waals surface area contributed by atoms with Gasteiger partial charge in [0.1, 0.15) is 0 Å². The quantitative estimate of drug-likeness (QED) is 0.665. The second-order valence-electron chi connectivity index (χ2n) is 3.51. The molecule has 1 aromatic carbocycles. The first-order valence-corrected chi connectivity index (χ1v) is 4.97. The molecule has 2 heterocycles. The molecule has 3 rings (SSSR count). The average Bonchev–Trinajstić information content (AvgIpc) is 2.76. The summed E-state index contributed by atoms with van der Waals surface area (Å²) in [6.07, 6.45) is 1.51. The number of fused-ring (bicyclic) bond motifs is 1. The molecule has 0 saturated heterocycles. The molecular formula is C12H9N3O. The first-order chi connectivity index (χ1) is 7.84. The van der Waals surface area contributed by atoms with Gasteiger partial charge in [-0.15, -0.1) is 0 Å². The molecule has 4 nitrogen and oxygen atoms in total. The van der Waals surface area contributed by atoms with Gasteiger partial charge < -0.3 is 0 Å². The van der Waals surface area contributed by atoms with Crippen LogP contribution in [-0.2, 0) is 0 Å². The van der Waals surface area contributed by atoms with Crippen molar-refractivity contribution < 1.29 is 0 Å². The molecule has 0 unspecified atom stereocenters. The highest BCUT2D eigenvalue weighted by Gasteiger charge is 2.03. The Morgan fingerprint density at radius 1 is 1.12 bits per heavy atom. The number of hydrogen-bond acceptors (Lipinski definition) is 2. The number of nitrogens with one attached hydrogen (secondary N) is 1. The van der Waals surface area contributed by atoms with Crippen LogP contribution in [0.4, 0.5) is 0 Å². The van der Waals surface area contributed by atoms with Crippen LogP contribution in [0, 0.1) is 0 Å². The first kappa shape index (κ1) is 8.91. The van der Waals surface area contributed by atoms with Crippen molar-refractivity contribution in [2.24, 2.45) is 0 Å². The maximum atomic E-state index is 11.5. The van der Waals surface area contributed by atoms with Crippen molar-refractivity contribution >= 4 is 5.65 Å². The van der Waals surface area contributed by atoms with Crippen molar-refractivity contribution in [3.63, 3.8) is 0 Å². The molecule has 0 aliphatic rings. The molecule has 2 aromatic heterocycles. The second-order valence-corrected chi connectivity index (χ2v) is 3.51. The number of benzene rings is 1. The SMILES string of the molecule is O=c1ccnc2cc(-c3ccccc3)[nH]n12. The van der Waals surface area contributed by atoms with E-state index in [-0.39, 0.29) is 5.56 Å². The van der Waals surface area contributed by atoms with Crippen molar-refractivity contribution in [1.29, 1.82) is 0 Å². The lowest BCUT2D eigenvalue weighted by atomic mass is 10.2. The molecule has 78 valence electrons. The van der Waals surface area contributed by atoms with E-state index in [9.17, 15) is 4.79 Å². The topological polar surface area (TPSA) is 50.2 Å². The van der Waals surface area contributed by atoms with Crippen LogP contribution in [0.1, 0.15) is 0 Å². The molecule has 0 amide bonds. The van der Waals surface area contributed by atoms with Crippen LogP contribution in [0.2, 0.25) is 0 Å². The zero-order valence-corrected chi connectivity index (χ0v) is 8.42. The molecule has 16 heavy (non-hydrogen) atoms. The van der Waals surface area contributed by atoms with Crippen molar-refractivity contribution in [2.45, 2.75) is 0 Å². The van der Waals surface area contributed by atoms with E-state index in [0.717, 1.165) is 11.3 Å². The van der Waals surface area contributed by atoms with Crippen LogP contribution in [0.5, 0.6) is 0 Å². The van der Waals surface area contributed by atoms with Crippen molar-refractivity contribution in [3.8, 4) is 11.3 Å². The fourth-order valence-corrected chi connectivity index (χ4v) is 1.68. The fraction of sp³-hybridized carbons (Fsp3) is 0. The van der Waals surface area contributed by atoms with E-state index < -0.39 is 0 Å². The van der Waals surface area contributed by atoms with Crippen molar-refractivity contribution in [2.75, 3.05) is 0 Å². The number of aromatic nitrogens is 3. The van der Waals surface area contributed by atoms with Gasteiger partial charge in [0.25, 0.3) is 5.56 Å². The van der Waals surface area contributed by atoms with Crippen molar-refractivity contribution in [3.05, 3.63) is 59.0 Å². The molecule has 1 N–H and O–H groups in total. The Hall–Kier alpha value is -2.36. The molecule has 4 heteroatoms. The highest BCUT2D eigenvalue weighted by Crippen LogP contribution is 2.16. The predicted molar refractivity (Wildman–Crippen MR) is 61.2 cm³/mol. The number of rotatable bonds is 1. The predicted octanol–water partition coefficient (Wildman–Crippen LogP) is 1.69. The lowest BCUT2D eigenvalue weighted by Crippen LogP contribution is -2.12. The summed E-state index contributed by atoms with van der Waals surface area (Å²) in [6, 6.07) is 13.1. The van der Waals surface area contributed by atoms with Crippen LogP contribution in [0.15, 0.2) is 53.5 Å². The van der Waals surface area contributed by atoms with E-state index in [1.54, 1.807) is 0 Å². The molecule has 0 saturated carbocycles. The zero-order chi connectivity index (χ0) is 11.0. The molecule has 0 fully saturated rings. The summed E-state index contributed by atoms with van der Waals surface area (Å²) in [5.74, 6) is 0. The summed E-state index contributed by atoms with van der Waals surface area (Å²) in [5, 5.41) is 3.02. The fourth-order valence-electron chi connectivity index (χ4n) is 1.68. The second kappa shape index (κ2) is 3.34. The Balaban J connectivity index is 2.28. The van der Waals surface area contributed by atoms with E-state index in [1.165, 1.54) is 16.8 Å². The molecule has 0 radical (unpaired) electrons. The van der Waals surface area contributed by atoms with Crippen LogP contribution in [0.25, 0.3) is 16.9 Å². The van der Waals surface area contributed by atoms with Gasteiger partial charge in [-0.25, -0.2) is 9.50 Å². The lowest BCUT2D eigenvalue weighted by Gasteiger charge is -1.94. The molecule has 0 atom stereocenters. The van der Waals surface area contributed by atoms with E-state index >= 15 is 0 Å². The average molecular weight is 211 g/mol. The largest absolute Gasteiger partial charge is 0.289 e. The number of nitrogens with zero attached hydrogens (tertiary/aromatic N) is 2. The van der Waals surface area contributed by atoms with Gasteiger partial charge in [0, 0.05) is 18.3 Å². The van der Waals surface area contributed by atoms with E-state index in [2.05, 4.69) is 10.1 Å². The minimum absolute atomic E-state index is 0.104.